The van der Waals surface area contributed by atoms with Gasteiger partial charge in [-0.05, 0) is 34.1 Å². The minimum Gasteiger partial charge on any atom is -0.506 e. The van der Waals surface area contributed by atoms with E-state index < -0.39 is 0 Å². The van der Waals surface area contributed by atoms with Crippen LogP contribution in [0.1, 0.15) is 15.9 Å². The first kappa shape index (κ1) is 15.5. The van der Waals surface area contributed by atoms with E-state index in [0.717, 1.165) is 4.47 Å². The first-order valence-corrected chi connectivity index (χ1v) is 7.51. The van der Waals surface area contributed by atoms with Gasteiger partial charge in [-0.2, -0.15) is 5.26 Å². The molecule has 0 aromatic heterocycles. The fourth-order valence-corrected chi connectivity index (χ4v) is 3.00. The number of carbonyl (C=O) groups is 1. The maximum absolute atomic E-state index is 12.3. The van der Waals surface area contributed by atoms with Crippen LogP contribution in [0, 0.1) is 11.3 Å². The number of allylic oxidation sites excluding steroid dienone is 1. The molecule has 21 heavy (non-hydrogen) atoms. The van der Waals surface area contributed by atoms with E-state index >= 15 is 0 Å². The van der Waals surface area contributed by atoms with Gasteiger partial charge in [-0.15, -0.1) is 0 Å². The Hall–Kier alpha value is -1.90. The van der Waals surface area contributed by atoms with Crippen LogP contribution in [0.2, 0.25) is 0 Å². The number of benzene rings is 2. The average molecular weight is 407 g/mol. The normalized spacial score (nSPS) is 11.0. The molecule has 2 aromatic carbocycles. The largest absolute Gasteiger partial charge is 0.506 e. The SMILES string of the molecule is N#C/C(=C\c1cc(Br)cc(Br)c1O)C(=O)c1ccccc1. The van der Waals surface area contributed by atoms with Crippen LogP contribution in [0.15, 0.2) is 57.0 Å². The fraction of sp³-hybridized carbons (Fsp3) is 0. The van der Waals surface area contributed by atoms with Crippen LogP contribution in [-0.4, -0.2) is 10.9 Å². The monoisotopic (exact) mass is 405 g/mol. The van der Waals surface area contributed by atoms with Crippen molar-refractivity contribution >= 4 is 43.7 Å². The molecule has 0 radical (unpaired) electrons. The molecule has 0 fully saturated rings. The van der Waals surface area contributed by atoms with E-state index in [-0.39, 0.29) is 17.1 Å². The summed E-state index contributed by atoms with van der Waals surface area (Å²) in [6.45, 7) is 0. The van der Waals surface area contributed by atoms with Crippen LogP contribution < -0.4 is 0 Å². The Morgan fingerprint density at radius 3 is 2.48 bits per heavy atom. The lowest BCUT2D eigenvalue weighted by Gasteiger charge is -2.04. The Bertz CT molecular complexity index is 762. The molecule has 2 aromatic rings. The molecular weight excluding hydrogens is 398 g/mol. The van der Waals surface area contributed by atoms with Crippen LogP contribution >= 0.6 is 31.9 Å². The Morgan fingerprint density at radius 2 is 1.86 bits per heavy atom. The lowest BCUT2D eigenvalue weighted by atomic mass is 10.0. The number of ketones is 1. The Morgan fingerprint density at radius 1 is 1.19 bits per heavy atom. The number of phenolic OH excluding ortho intramolecular Hbond substituents is 1. The highest BCUT2D eigenvalue weighted by Gasteiger charge is 2.13. The molecule has 0 spiro atoms. The van der Waals surface area contributed by atoms with Crippen LogP contribution in [0.3, 0.4) is 0 Å². The molecule has 104 valence electrons. The van der Waals surface area contributed by atoms with Gasteiger partial charge in [0.05, 0.1) is 4.47 Å². The Labute approximate surface area is 138 Å². The van der Waals surface area contributed by atoms with Crippen molar-refractivity contribution in [2.24, 2.45) is 0 Å². The summed E-state index contributed by atoms with van der Waals surface area (Å²) in [6, 6.07) is 13.7. The van der Waals surface area contributed by atoms with Crippen LogP contribution in [0.25, 0.3) is 6.08 Å². The smallest absolute Gasteiger partial charge is 0.203 e. The summed E-state index contributed by atoms with van der Waals surface area (Å²) in [5.74, 6) is -0.402. The van der Waals surface area contributed by atoms with Crippen LogP contribution in [-0.2, 0) is 0 Å². The highest BCUT2D eigenvalue weighted by Crippen LogP contribution is 2.33. The van der Waals surface area contributed by atoms with Crippen molar-refractivity contribution in [3.63, 3.8) is 0 Å². The summed E-state index contributed by atoms with van der Waals surface area (Å²) in [4.78, 5) is 12.3. The summed E-state index contributed by atoms with van der Waals surface area (Å²) in [5, 5.41) is 19.2. The molecule has 0 aliphatic heterocycles. The number of hydrogen-bond acceptors (Lipinski definition) is 3. The molecule has 0 amide bonds. The number of rotatable bonds is 3. The van der Waals surface area contributed by atoms with Gasteiger partial charge < -0.3 is 5.11 Å². The zero-order valence-electron chi connectivity index (χ0n) is 10.7. The summed E-state index contributed by atoms with van der Waals surface area (Å²) < 4.78 is 1.20. The highest BCUT2D eigenvalue weighted by atomic mass is 79.9. The van der Waals surface area contributed by atoms with Gasteiger partial charge >= 0.3 is 0 Å². The van der Waals surface area contributed by atoms with Gasteiger partial charge in [-0.25, -0.2) is 0 Å². The molecule has 0 unspecified atom stereocenters. The van der Waals surface area contributed by atoms with Crippen LogP contribution in [0.5, 0.6) is 5.75 Å². The lowest BCUT2D eigenvalue weighted by molar-refractivity contribution is 0.104. The van der Waals surface area contributed by atoms with E-state index in [9.17, 15) is 15.2 Å². The zero-order valence-corrected chi connectivity index (χ0v) is 13.8. The van der Waals surface area contributed by atoms with Gasteiger partial charge in [0.1, 0.15) is 17.4 Å². The predicted octanol–water partition coefficient (Wildman–Crippen LogP) is 4.71. The molecule has 0 atom stereocenters. The maximum atomic E-state index is 12.3. The van der Waals surface area contributed by atoms with E-state index in [4.69, 9.17) is 0 Å². The average Bonchev–Trinajstić information content (AvgIpc) is 2.49. The van der Waals surface area contributed by atoms with Gasteiger partial charge in [0.15, 0.2) is 0 Å². The van der Waals surface area contributed by atoms with Crippen molar-refractivity contribution in [2.75, 3.05) is 0 Å². The van der Waals surface area contributed by atoms with Gasteiger partial charge in [0, 0.05) is 15.6 Å². The van der Waals surface area contributed by atoms with E-state index in [2.05, 4.69) is 31.9 Å². The number of hydrogen-bond donors (Lipinski definition) is 1. The molecule has 1 N–H and O–H groups in total. The second-order valence-corrected chi connectivity index (χ2v) is 5.96. The van der Waals surface area contributed by atoms with Crippen molar-refractivity contribution in [2.45, 2.75) is 0 Å². The van der Waals surface area contributed by atoms with Gasteiger partial charge in [-0.1, -0.05) is 46.3 Å². The zero-order chi connectivity index (χ0) is 15.4. The van der Waals surface area contributed by atoms with E-state index in [0.29, 0.717) is 15.6 Å². The molecule has 0 aliphatic rings. The molecule has 0 saturated heterocycles. The fourth-order valence-electron chi connectivity index (χ4n) is 1.75. The number of halogens is 2. The third-order valence-electron chi connectivity index (χ3n) is 2.76. The van der Waals surface area contributed by atoms with Gasteiger partial charge in [-0.3, -0.25) is 4.79 Å². The van der Waals surface area contributed by atoms with E-state index in [1.54, 1.807) is 42.5 Å². The van der Waals surface area contributed by atoms with Crippen molar-refractivity contribution in [3.05, 3.63) is 68.1 Å². The lowest BCUT2D eigenvalue weighted by Crippen LogP contribution is -2.01. The Balaban J connectivity index is 2.48. The second-order valence-electron chi connectivity index (χ2n) is 4.19. The number of Topliss-reactive ketones (excluding diaryl/α,β-unsaturated/α-hetero) is 1. The summed E-state index contributed by atoms with van der Waals surface area (Å²) in [7, 11) is 0. The summed E-state index contributed by atoms with van der Waals surface area (Å²) >= 11 is 6.52. The van der Waals surface area contributed by atoms with Crippen molar-refractivity contribution < 1.29 is 9.90 Å². The second kappa shape index (κ2) is 6.70. The predicted molar refractivity (Wildman–Crippen MR) is 87.9 cm³/mol. The van der Waals surface area contributed by atoms with Gasteiger partial charge in [0.25, 0.3) is 0 Å². The molecule has 5 heteroatoms. The minimum atomic E-state index is -0.381. The topological polar surface area (TPSA) is 61.1 Å². The molecule has 0 heterocycles. The molecular formula is C16H9Br2NO2. The standard InChI is InChI=1S/C16H9Br2NO2/c17-13-7-11(16(21)14(18)8-13)6-12(9-19)15(20)10-4-2-1-3-5-10/h1-8,21H/b12-6+. The summed E-state index contributed by atoms with van der Waals surface area (Å²) in [6.07, 6.45) is 1.38. The number of aromatic hydroxyl groups is 1. The molecule has 3 nitrogen and oxygen atoms in total. The molecule has 0 aliphatic carbocycles. The van der Waals surface area contributed by atoms with Crippen molar-refractivity contribution in [3.8, 4) is 11.8 Å². The molecule has 0 saturated carbocycles. The quantitative estimate of drug-likeness (QED) is 0.456. The number of carbonyl (C=O) groups excluding carboxylic acids is 1. The molecule has 2 rings (SSSR count). The van der Waals surface area contributed by atoms with Crippen LogP contribution in [0.4, 0.5) is 0 Å². The third-order valence-corrected chi connectivity index (χ3v) is 3.82. The highest BCUT2D eigenvalue weighted by molar-refractivity contribution is 9.11. The number of nitrogens with zero attached hydrogens (tertiary/aromatic N) is 1. The maximum Gasteiger partial charge on any atom is 0.203 e. The molecule has 0 bridgehead atoms. The first-order valence-electron chi connectivity index (χ1n) is 5.92. The Kier molecular flexibility index (Phi) is 4.94. The summed E-state index contributed by atoms with van der Waals surface area (Å²) in [5.41, 5.74) is 0.775. The number of nitriles is 1. The van der Waals surface area contributed by atoms with Crippen molar-refractivity contribution in [1.82, 2.24) is 0 Å². The first-order chi connectivity index (χ1) is 10.0. The minimum absolute atomic E-state index is 0.0215. The van der Waals surface area contributed by atoms with E-state index in [1.165, 1.54) is 6.08 Å². The van der Waals surface area contributed by atoms with E-state index in [1.807, 2.05) is 6.07 Å². The third kappa shape index (κ3) is 3.60. The number of phenols is 1. The van der Waals surface area contributed by atoms with Gasteiger partial charge in [0.2, 0.25) is 5.78 Å². The van der Waals surface area contributed by atoms with Crippen molar-refractivity contribution in [1.29, 1.82) is 5.26 Å².